The zero-order valence-electron chi connectivity index (χ0n) is 16.5. The molecule has 1 fully saturated rings. The van der Waals surface area contributed by atoms with Crippen LogP contribution in [-0.4, -0.2) is 31.2 Å². The van der Waals surface area contributed by atoms with E-state index in [0.717, 1.165) is 18.5 Å². The molecule has 0 saturated carbocycles. The molecule has 1 amide bonds. The minimum Gasteiger partial charge on any atom is -0.326 e. The molecular weight excluding hydrogens is 372 g/mol. The monoisotopic (exact) mass is 400 g/mol. The number of piperidine rings is 1. The van der Waals surface area contributed by atoms with Crippen LogP contribution in [0.3, 0.4) is 0 Å². The lowest BCUT2D eigenvalue weighted by Crippen LogP contribution is -2.45. The van der Waals surface area contributed by atoms with E-state index in [0.29, 0.717) is 18.9 Å². The van der Waals surface area contributed by atoms with E-state index in [2.05, 4.69) is 19.2 Å². The predicted molar refractivity (Wildman–Crippen MR) is 112 cm³/mol. The quantitative estimate of drug-likeness (QED) is 0.782. The van der Waals surface area contributed by atoms with Gasteiger partial charge in [-0.25, -0.2) is 8.42 Å². The van der Waals surface area contributed by atoms with Crippen molar-refractivity contribution in [2.45, 2.75) is 56.4 Å². The van der Waals surface area contributed by atoms with Gasteiger partial charge in [-0.15, -0.1) is 0 Å². The number of carbonyl (C=O) groups excluding carboxylic acids is 1. The van der Waals surface area contributed by atoms with Crippen molar-refractivity contribution in [2.24, 2.45) is 0 Å². The summed E-state index contributed by atoms with van der Waals surface area (Å²) in [7, 11) is -3.59. The van der Waals surface area contributed by atoms with Gasteiger partial charge in [0.25, 0.3) is 0 Å². The summed E-state index contributed by atoms with van der Waals surface area (Å²) in [6.07, 6.45) is 2.62. The molecule has 3 rings (SSSR count). The van der Waals surface area contributed by atoms with Crippen LogP contribution in [0.25, 0.3) is 0 Å². The van der Waals surface area contributed by atoms with E-state index < -0.39 is 10.0 Å². The van der Waals surface area contributed by atoms with Gasteiger partial charge in [0.15, 0.2) is 0 Å². The Morgan fingerprint density at radius 2 is 1.75 bits per heavy atom. The van der Waals surface area contributed by atoms with Gasteiger partial charge in [-0.3, -0.25) is 4.79 Å². The highest BCUT2D eigenvalue weighted by Crippen LogP contribution is 2.27. The third-order valence-corrected chi connectivity index (χ3v) is 7.17. The molecule has 150 valence electrons. The van der Waals surface area contributed by atoms with Crippen molar-refractivity contribution in [3.8, 4) is 0 Å². The van der Waals surface area contributed by atoms with E-state index in [1.165, 1.54) is 9.87 Å². The summed E-state index contributed by atoms with van der Waals surface area (Å²) in [6, 6.07) is 16.0. The van der Waals surface area contributed by atoms with Crippen LogP contribution in [0, 0.1) is 0 Å². The van der Waals surface area contributed by atoms with Crippen molar-refractivity contribution >= 4 is 21.6 Å². The Hall–Kier alpha value is -2.18. The molecule has 28 heavy (non-hydrogen) atoms. The van der Waals surface area contributed by atoms with Crippen LogP contribution in [0.15, 0.2) is 59.5 Å². The standard InChI is InChI=1S/C22H28N2O3S/c1-17(2)18-11-13-19(14-12-18)23-22(25)16-20-8-6-7-15-24(20)28(26,27)21-9-4-3-5-10-21/h3-5,9-14,17,20H,6-8,15-16H2,1-2H3,(H,23,25)/t20-/m1/s1. The fourth-order valence-corrected chi connectivity index (χ4v) is 5.31. The lowest BCUT2D eigenvalue weighted by atomic mass is 10.0. The molecule has 0 aromatic heterocycles. The van der Waals surface area contributed by atoms with Crippen molar-refractivity contribution in [3.63, 3.8) is 0 Å². The average molecular weight is 401 g/mol. The Morgan fingerprint density at radius 1 is 1.07 bits per heavy atom. The topological polar surface area (TPSA) is 66.5 Å². The summed E-state index contributed by atoms with van der Waals surface area (Å²) in [5.41, 5.74) is 1.95. The number of hydrogen-bond donors (Lipinski definition) is 1. The summed E-state index contributed by atoms with van der Waals surface area (Å²) < 4.78 is 27.6. The summed E-state index contributed by atoms with van der Waals surface area (Å²) in [5, 5.41) is 2.91. The van der Waals surface area contributed by atoms with E-state index in [1.807, 2.05) is 24.3 Å². The van der Waals surface area contributed by atoms with Gasteiger partial charge in [-0.1, -0.05) is 50.6 Å². The van der Waals surface area contributed by atoms with Crippen molar-refractivity contribution in [1.82, 2.24) is 4.31 Å². The van der Waals surface area contributed by atoms with Gasteiger partial charge in [0.1, 0.15) is 0 Å². The van der Waals surface area contributed by atoms with E-state index in [1.54, 1.807) is 30.3 Å². The Morgan fingerprint density at radius 3 is 2.39 bits per heavy atom. The van der Waals surface area contributed by atoms with E-state index in [-0.39, 0.29) is 23.3 Å². The molecule has 1 atom stereocenters. The number of benzene rings is 2. The summed E-state index contributed by atoms with van der Waals surface area (Å²) >= 11 is 0. The highest BCUT2D eigenvalue weighted by Gasteiger charge is 2.34. The second-order valence-electron chi connectivity index (χ2n) is 7.61. The molecule has 1 heterocycles. The maximum absolute atomic E-state index is 13.0. The van der Waals surface area contributed by atoms with E-state index >= 15 is 0 Å². The number of nitrogens with zero attached hydrogens (tertiary/aromatic N) is 1. The minimum absolute atomic E-state index is 0.155. The van der Waals surface area contributed by atoms with Gasteiger partial charge in [-0.2, -0.15) is 4.31 Å². The van der Waals surface area contributed by atoms with Crippen LogP contribution in [-0.2, 0) is 14.8 Å². The molecule has 5 nitrogen and oxygen atoms in total. The first-order valence-electron chi connectivity index (χ1n) is 9.84. The molecule has 0 spiro atoms. The number of nitrogens with one attached hydrogen (secondary N) is 1. The first kappa shape index (κ1) is 20.6. The Kier molecular flexibility index (Phi) is 6.52. The lowest BCUT2D eigenvalue weighted by Gasteiger charge is -2.34. The van der Waals surface area contributed by atoms with Gasteiger partial charge in [-0.05, 0) is 48.6 Å². The van der Waals surface area contributed by atoms with E-state index in [9.17, 15) is 13.2 Å². The molecule has 1 N–H and O–H groups in total. The smallest absolute Gasteiger partial charge is 0.243 e. The number of hydrogen-bond acceptors (Lipinski definition) is 3. The SMILES string of the molecule is CC(C)c1ccc(NC(=O)C[C@H]2CCCCN2S(=O)(=O)c2ccccc2)cc1. The van der Waals surface area contributed by atoms with Crippen molar-refractivity contribution in [3.05, 3.63) is 60.2 Å². The van der Waals surface area contributed by atoms with Crippen LogP contribution < -0.4 is 5.32 Å². The van der Waals surface area contributed by atoms with Crippen molar-refractivity contribution < 1.29 is 13.2 Å². The second kappa shape index (κ2) is 8.88. The summed E-state index contributed by atoms with van der Waals surface area (Å²) in [5.74, 6) is 0.279. The number of rotatable bonds is 6. The Bertz CT molecular complexity index is 893. The minimum atomic E-state index is -3.59. The van der Waals surface area contributed by atoms with Crippen LogP contribution in [0.5, 0.6) is 0 Å². The van der Waals surface area contributed by atoms with Gasteiger partial charge in [0.2, 0.25) is 15.9 Å². The average Bonchev–Trinajstić information content (AvgIpc) is 2.69. The van der Waals surface area contributed by atoms with Crippen molar-refractivity contribution in [1.29, 1.82) is 0 Å². The van der Waals surface area contributed by atoms with Gasteiger partial charge in [0, 0.05) is 24.7 Å². The van der Waals surface area contributed by atoms with E-state index in [4.69, 9.17) is 0 Å². The highest BCUT2D eigenvalue weighted by atomic mass is 32.2. The highest BCUT2D eigenvalue weighted by molar-refractivity contribution is 7.89. The zero-order chi connectivity index (χ0) is 20.1. The molecule has 0 aliphatic carbocycles. The maximum Gasteiger partial charge on any atom is 0.243 e. The molecule has 0 unspecified atom stereocenters. The molecule has 6 heteroatoms. The van der Waals surface area contributed by atoms with Crippen LogP contribution >= 0.6 is 0 Å². The van der Waals surface area contributed by atoms with Gasteiger partial charge in [0.05, 0.1) is 4.90 Å². The molecule has 0 bridgehead atoms. The Balaban J connectivity index is 1.69. The number of sulfonamides is 1. The van der Waals surface area contributed by atoms with Crippen LogP contribution in [0.4, 0.5) is 5.69 Å². The van der Waals surface area contributed by atoms with Crippen LogP contribution in [0.2, 0.25) is 0 Å². The zero-order valence-corrected chi connectivity index (χ0v) is 17.3. The number of carbonyl (C=O) groups is 1. The Labute approximate surface area is 167 Å². The third kappa shape index (κ3) is 4.80. The number of anilines is 1. The molecule has 2 aromatic rings. The largest absolute Gasteiger partial charge is 0.326 e. The molecular formula is C22H28N2O3S. The fourth-order valence-electron chi connectivity index (χ4n) is 3.60. The second-order valence-corrected chi connectivity index (χ2v) is 9.50. The van der Waals surface area contributed by atoms with Crippen molar-refractivity contribution in [2.75, 3.05) is 11.9 Å². The first-order chi connectivity index (χ1) is 13.4. The lowest BCUT2D eigenvalue weighted by molar-refractivity contribution is -0.117. The summed E-state index contributed by atoms with van der Waals surface area (Å²) in [4.78, 5) is 12.9. The molecule has 2 aromatic carbocycles. The molecule has 1 saturated heterocycles. The number of amides is 1. The molecule has 0 radical (unpaired) electrons. The van der Waals surface area contributed by atoms with Gasteiger partial charge >= 0.3 is 0 Å². The van der Waals surface area contributed by atoms with Gasteiger partial charge < -0.3 is 5.32 Å². The third-order valence-electron chi connectivity index (χ3n) is 5.21. The molecule has 1 aliphatic heterocycles. The predicted octanol–water partition coefficient (Wildman–Crippen LogP) is 4.38. The maximum atomic E-state index is 13.0. The van der Waals surface area contributed by atoms with Crippen LogP contribution in [0.1, 0.15) is 51.0 Å². The first-order valence-corrected chi connectivity index (χ1v) is 11.3. The normalized spacial score (nSPS) is 18.2. The molecule has 1 aliphatic rings. The summed E-state index contributed by atoms with van der Waals surface area (Å²) in [6.45, 7) is 4.70. The fraction of sp³-hybridized carbons (Fsp3) is 0.409.